The van der Waals surface area contributed by atoms with E-state index in [0.717, 1.165) is 6.42 Å². The summed E-state index contributed by atoms with van der Waals surface area (Å²) in [5.41, 5.74) is 1.19. The summed E-state index contributed by atoms with van der Waals surface area (Å²) in [5, 5.41) is 0.244. The Morgan fingerprint density at radius 1 is 1.18 bits per heavy atom. The van der Waals surface area contributed by atoms with E-state index in [0.29, 0.717) is 5.92 Å². The minimum atomic E-state index is -1.77. The monoisotopic (exact) mass is 318 g/mol. The molecule has 0 spiro atoms. The molecule has 2 aliphatic rings. The predicted octanol–water partition coefficient (Wildman–Crippen LogP) is 5.32. The summed E-state index contributed by atoms with van der Waals surface area (Å²) in [7, 11) is -1.77. The molecule has 2 bridgehead atoms. The van der Waals surface area contributed by atoms with Crippen LogP contribution >= 0.6 is 0 Å². The summed E-state index contributed by atoms with van der Waals surface area (Å²) in [4.78, 5) is 0. The first-order valence-corrected chi connectivity index (χ1v) is 11.5. The van der Waals surface area contributed by atoms with Gasteiger partial charge in [0.15, 0.2) is 8.32 Å². The SMILES string of the molecule is CC(C)(C)[Si](C)(C)O[C@H]1[C@H]2CC[C@]1(C)O[C@H]2c1ccccc1. The van der Waals surface area contributed by atoms with Gasteiger partial charge in [-0.2, -0.15) is 0 Å². The second-order valence-electron chi connectivity index (χ2n) is 8.76. The lowest BCUT2D eigenvalue weighted by atomic mass is 9.94. The second kappa shape index (κ2) is 5.18. The Morgan fingerprint density at radius 3 is 2.41 bits per heavy atom. The van der Waals surface area contributed by atoms with E-state index in [-0.39, 0.29) is 22.8 Å². The Bertz CT molecular complexity index is 534. The molecule has 0 amide bonds. The molecule has 1 aromatic carbocycles. The number of hydrogen-bond donors (Lipinski definition) is 0. The van der Waals surface area contributed by atoms with Crippen molar-refractivity contribution < 1.29 is 9.16 Å². The molecule has 0 N–H and O–H groups in total. The van der Waals surface area contributed by atoms with Crippen molar-refractivity contribution in [1.82, 2.24) is 0 Å². The first-order chi connectivity index (χ1) is 10.1. The van der Waals surface area contributed by atoms with Crippen LogP contribution < -0.4 is 0 Å². The van der Waals surface area contributed by atoms with Crippen molar-refractivity contribution in [3.05, 3.63) is 35.9 Å². The lowest BCUT2D eigenvalue weighted by molar-refractivity contribution is -0.0783. The molecule has 1 heterocycles. The van der Waals surface area contributed by atoms with E-state index in [1.807, 2.05) is 0 Å². The Labute approximate surface area is 136 Å². The molecule has 3 rings (SSSR count). The number of benzene rings is 1. The molecular weight excluding hydrogens is 288 g/mol. The van der Waals surface area contributed by atoms with Crippen LogP contribution in [0.5, 0.6) is 0 Å². The van der Waals surface area contributed by atoms with E-state index < -0.39 is 8.32 Å². The maximum Gasteiger partial charge on any atom is 0.192 e. The van der Waals surface area contributed by atoms with Gasteiger partial charge in [-0.1, -0.05) is 51.1 Å². The maximum atomic E-state index is 6.82. The van der Waals surface area contributed by atoms with E-state index >= 15 is 0 Å². The molecule has 1 aromatic rings. The van der Waals surface area contributed by atoms with Crippen molar-refractivity contribution >= 4 is 8.32 Å². The van der Waals surface area contributed by atoms with Crippen molar-refractivity contribution in [2.24, 2.45) is 5.92 Å². The molecule has 1 saturated heterocycles. The number of hydrogen-bond acceptors (Lipinski definition) is 2. The Balaban J connectivity index is 1.85. The largest absolute Gasteiger partial charge is 0.411 e. The Kier molecular flexibility index (Phi) is 3.82. The molecule has 2 nitrogen and oxygen atoms in total. The molecule has 22 heavy (non-hydrogen) atoms. The first kappa shape index (κ1) is 16.2. The topological polar surface area (TPSA) is 18.5 Å². The van der Waals surface area contributed by atoms with Crippen LogP contribution in [0, 0.1) is 5.92 Å². The fourth-order valence-electron chi connectivity index (χ4n) is 3.68. The van der Waals surface area contributed by atoms with Crippen molar-refractivity contribution in [2.45, 2.75) is 76.5 Å². The van der Waals surface area contributed by atoms with E-state index in [1.54, 1.807) is 0 Å². The molecule has 0 aromatic heterocycles. The van der Waals surface area contributed by atoms with Crippen LogP contribution in [0.25, 0.3) is 0 Å². The molecule has 3 heteroatoms. The highest BCUT2D eigenvalue weighted by Crippen LogP contribution is 2.57. The summed E-state index contributed by atoms with van der Waals surface area (Å²) in [6.07, 6.45) is 2.80. The summed E-state index contributed by atoms with van der Waals surface area (Å²) in [6, 6.07) is 10.7. The number of fused-ring (bicyclic) bond motifs is 2. The van der Waals surface area contributed by atoms with Gasteiger partial charge in [-0.05, 0) is 43.5 Å². The van der Waals surface area contributed by atoms with Crippen LogP contribution in [0.15, 0.2) is 30.3 Å². The van der Waals surface area contributed by atoms with Gasteiger partial charge in [0, 0.05) is 5.92 Å². The molecule has 122 valence electrons. The third-order valence-corrected chi connectivity index (χ3v) is 10.6. The Morgan fingerprint density at radius 2 is 1.82 bits per heavy atom. The Hall–Kier alpha value is -0.643. The van der Waals surface area contributed by atoms with Crippen molar-refractivity contribution in [3.8, 4) is 0 Å². The van der Waals surface area contributed by atoms with Gasteiger partial charge in [0.25, 0.3) is 0 Å². The van der Waals surface area contributed by atoms with Crippen LogP contribution in [0.2, 0.25) is 18.1 Å². The smallest absolute Gasteiger partial charge is 0.192 e. The van der Waals surface area contributed by atoms with Crippen LogP contribution in [0.1, 0.15) is 52.2 Å². The van der Waals surface area contributed by atoms with Gasteiger partial charge in [0.2, 0.25) is 0 Å². The zero-order valence-electron chi connectivity index (χ0n) is 14.8. The molecule has 0 radical (unpaired) electrons. The van der Waals surface area contributed by atoms with Gasteiger partial charge < -0.3 is 9.16 Å². The zero-order chi connectivity index (χ0) is 16.2. The summed E-state index contributed by atoms with van der Waals surface area (Å²) in [5.74, 6) is 0.501. The molecule has 0 unspecified atom stereocenters. The quantitative estimate of drug-likeness (QED) is 0.702. The minimum absolute atomic E-state index is 0.110. The highest BCUT2D eigenvalue weighted by atomic mass is 28.4. The number of rotatable bonds is 3. The van der Waals surface area contributed by atoms with E-state index in [1.165, 1.54) is 12.0 Å². The van der Waals surface area contributed by atoms with Gasteiger partial charge in [-0.25, -0.2) is 0 Å². The lowest BCUT2D eigenvalue weighted by Crippen LogP contribution is -2.48. The van der Waals surface area contributed by atoms with Gasteiger partial charge in [-0.3, -0.25) is 0 Å². The fourth-order valence-corrected chi connectivity index (χ4v) is 5.09. The molecular formula is C19H30O2Si. The van der Waals surface area contributed by atoms with Crippen LogP contribution in [-0.4, -0.2) is 20.0 Å². The lowest BCUT2D eigenvalue weighted by Gasteiger charge is -2.41. The van der Waals surface area contributed by atoms with E-state index in [4.69, 9.17) is 9.16 Å². The van der Waals surface area contributed by atoms with E-state index in [2.05, 4.69) is 71.1 Å². The number of ether oxygens (including phenoxy) is 1. The molecule has 1 aliphatic heterocycles. The molecule has 1 saturated carbocycles. The van der Waals surface area contributed by atoms with Gasteiger partial charge in [0.05, 0.1) is 17.8 Å². The first-order valence-electron chi connectivity index (χ1n) is 8.55. The van der Waals surface area contributed by atoms with E-state index in [9.17, 15) is 0 Å². The third kappa shape index (κ3) is 2.57. The average molecular weight is 319 g/mol. The second-order valence-corrected chi connectivity index (χ2v) is 13.5. The van der Waals surface area contributed by atoms with Gasteiger partial charge >= 0.3 is 0 Å². The third-order valence-electron chi connectivity index (χ3n) is 6.11. The average Bonchev–Trinajstić information content (AvgIpc) is 2.88. The van der Waals surface area contributed by atoms with Crippen LogP contribution in [-0.2, 0) is 9.16 Å². The molecule has 4 atom stereocenters. The summed E-state index contributed by atoms with van der Waals surface area (Å²) < 4.78 is 13.3. The maximum absolute atomic E-state index is 6.82. The fraction of sp³-hybridized carbons (Fsp3) is 0.684. The van der Waals surface area contributed by atoms with Crippen LogP contribution in [0.4, 0.5) is 0 Å². The minimum Gasteiger partial charge on any atom is -0.411 e. The molecule has 2 fully saturated rings. The normalized spacial score (nSPS) is 35.1. The predicted molar refractivity (Wildman–Crippen MR) is 93.5 cm³/mol. The van der Waals surface area contributed by atoms with Gasteiger partial charge in [-0.15, -0.1) is 0 Å². The highest BCUT2D eigenvalue weighted by molar-refractivity contribution is 6.74. The summed E-state index contributed by atoms with van der Waals surface area (Å²) >= 11 is 0. The van der Waals surface area contributed by atoms with Crippen molar-refractivity contribution in [3.63, 3.8) is 0 Å². The van der Waals surface area contributed by atoms with Crippen molar-refractivity contribution in [1.29, 1.82) is 0 Å². The van der Waals surface area contributed by atoms with Gasteiger partial charge in [0.1, 0.15) is 0 Å². The molecule has 1 aliphatic carbocycles. The van der Waals surface area contributed by atoms with Crippen molar-refractivity contribution in [2.75, 3.05) is 0 Å². The zero-order valence-corrected chi connectivity index (χ0v) is 15.8. The highest BCUT2D eigenvalue weighted by Gasteiger charge is 2.60. The van der Waals surface area contributed by atoms with Crippen LogP contribution in [0.3, 0.4) is 0 Å². The standard InChI is InChI=1S/C19H30O2Si/c1-18(2,3)22(5,6)21-17-15-12-13-19(17,4)20-16(15)14-10-8-7-9-11-14/h7-11,15-17H,12-13H2,1-6H3/t15-,16-,17-,19-/m0/s1. The summed E-state index contributed by atoms with van der Waals surface area (Å²) in [6.45, 7) is 13.9.